The third-order valence-electron chi connectivity index (χ3n) is 5.72. The van der Waals surface area contributed by atoms with Crippen molar-refractivity contribution in [3.8, 4) is 0 Å². The summed E-state index contributed by atoms with van der Waals surface area (Å²) >= 11 is 0. The fourth-order valence-electron chi connectivity index (χ4n) is 4.35. The molecule has 7 heteroatoms. The van der Waals surface area contributed by atoms with E-state index in [1.165, 1.54) is 7.11 Å². The molecule has 2 amide bonds. The van der Waals surface area contributed by atoms with Gasteiger partial charge in [0.15, 0.2) is 6.29 Å². The molecule has 3 rings (SSSR count). The van der Waals surface area contributed by atoms with E-state index in [2.05, 4.69) is 0 Å². The van der Waals surface area contributed by atoms with Gasteiger partial charge < -0.3 is 19.1 Å². The molecule has 0 unspecified atom stereocenters. The van der Waals surface area contributed by atoms with Crippen molar-refractivity contribution < 1.29 is 23.8 Å². The minimum absolute atomic E-state index is 0.00520. The zero-order valence-corrected chi connectivity index (χ0v) is 16.2. The van der Waals surface area contributed by atoms with Gasteiger partial charge in [0.2, 0.25) is 5.91 Å². The van der Waals surface area contributed by atoms with E-state index in [1.807, 2.05) is 35.2 Å². The van der Waals surface area contributed by atoms with Crippen molar-refractivity contribution in [2.24, 2.45) is 11.8 Å². The molecule has 0 radical (unpaired) electrons. The number of carbonyl (C=O) groups is 2. The number of benzene rings is 1. The Morgan fingerprint density at radius 3 is 2.52 bits per heavy atom. The molecule has 2 fully saturated rings. The lowest BCUT2D eigenvalue weighted by Crippen LogP contribution is -2.54. The molecule has 1 aromatic carbocycles. The molecule has 0 spiro atoms. The largest absolute Gasteiger partial charge is 0.453 e. The molecule has 7 nitrogen and oxygen atoms in total. The molecule has 0 aliphatic carbocycles. The zero-order valence-electron chi connectivity index (χ0n) is 16.2. The molecule has 1 aromatic rings. The van der Waals surface area contributed by atoms with Crippen molar-refractivity contribution in [1.29, 1.82) is 0 Å². The summed E-state index contributed by atoms with van der Waals surface area (Å²) < 4.78 is 15.6. The van der Waals surface area contributed by atoms with Crippen LogP contribution < -0.4 is 0 Å². The fourth-order valence-corrected chi connectivity index (χ4v) is 4.35. The Kier molecular flexibility index (Phi) is 6.34. The molecule has 27 heavy (non-hydrogen) atoms. The van der Waals surface area contributed by atoms with Crippen molar-refractivity contribution in [3.05, 3.63) is 35.9 Å². The first-order valence-corrected chi connectivity index (χ1v) is 9.32. The van der Waals surface area contributed by atoms with Crippen molar-refractivity contribution in [3.63, 3.8) is 0 Å². The van der Waals surface area contributed by atoms with Crippen LogP contribution in [0.25, 0.3) is 0 Å². The van der Waals surface area contributed by atoms with Gasteiger partial charge in [-0.25, -0.2) is 4.79 Å². The Bertz CT molecular complexity index is 649. The summed E-state index contributed by atoms with van der Waals surface area (Å²) in [5.41, 5.74) is 1.09. The molecule has 0 N–H and O–H groups in total. The van der Waals surface area contributed by atoms with Crippen LogP contribution in [-0.4, -0.2) is 68.6 Å². The predicted octanol–water partition coefficient (Wildman–Crippen LogP) is 2.11. The highest BCUT2D eigenvalue weighted by Crippen LogP contribution is 2.40. The third-order valence-corrected chi connectivity index (χ3v) is 5.72. The number of hydrogen-bond donors (Lipinski definition) is 0. The Morgan fingerprint density at radius 2 is 1.89 bits per heavy atom. The van der Waals surface area contributed by atoms with E-state index < -0.39 is 12.1 Å². The lowest BCUT2D eigenvalue weighted by Gasteiger charge is -2.38. The number of ether oxygens (including phenoxy) is 3. The number of carbonyl (C=O) groups excluding carboxylic acids is 2. The molecule has 0 aromatic heterocycles. The van der Waals surface area contributed by atoms with Crippen LogP contribution in [0, 0.1) is 11.8 Å². The van der Waals surface area contributed by atoms with Crippen LogP contribution in [0.5, 0.6) is 0 Å². The molecular weight excluding hydrogens is 348 g/mol. The summed E-state index contributed by atoms with van der Waals surface area (Å²) in [5.74, 6) is 0.229. The van der Waals surface area contributed by atoms with Crippen molar-refractivity contribution in [1.82, 2.24) is 9.80 Å². The number of likely N-dealkylation sites (tertiary alicyclic amines) is 2. The molecule has 2 aliphatic rings. The minimum Gasteiger partial charge on any atom is -0.453 e. The summed E-state index contributed by atoms with van der Waals surface area (Å²) in [6.07, 6.45) is 0.703. The van der Waals surface area contributed by atoms with E-state index in [0.29, 0.717) is 26.1 Å². The van der Waals surface area contributed by atoms with E-state index in [0.717, 1.165) is 12.0 Å². The molecule has 148 valence electrons. The van der Waals surface area contributed by atoms with Crippen LogP contribution in [0.1, 0.15) is 18.4 Å². The average molecular weight is 376 g/mol. The van der Waals surface area contributed by atoms with Gasteiger partial charge in [0.1, 0.15) is 6.04 Å². The lowest BCUT2D eigenvalue weighted by molar-refractivity contribution is -0.142. The lowest BCUT2D eigenvalue weighted by atomic mass is 9.82. The van der Waals surface area contributed by atoms with Gasteiger partial charge in [0, 0.05) is 40.3 Å². The second-order valence-corrected chi connectivity index (χ2v) is 7.16. The smallest absolute Gasteiger partial charge is 0.410 e. The van der Waals surface area contributed by atoms with Gasteiger partial charge in [0.05, 0.1) is 7.11 Å². The normalized spacial score (nSPS) is 25.0. The molecule has 2 heterocycles. The van der Waals surface area contributed by atoms with Crippen LogP contribution in [0.3, 0.4) is 0 Å². The highest BCUT2D eigenvalue weighted by molar-refractivity contribution is 5.87. The van der Waals surface area contributed by atoms with E-state index in [4.69, 9.17) is 14.2 Å². The summed E-state index contributed by atoms with van der Waals surface area (Å²) in [7, 11) is 4.56. The Balaban J connectivity index is 1.78. The zero-order chi connectivity index (χ0) is 19.4. The van der Waals surface area contributed by atoms with Gasteiger partial charge in [0.25, 0.3) is 0 Å². The van der Waals surface area contributed by atoms with Crippen LogP contribution in [-0.2, 0) is 25.5 Å². The van der Waals surface area contributed by atoms with E-state index >= 15 is 0 Å². The molecule has 0 bridgehead atoms. The van der Waals surface area contributed by atoms with Gasteiger partial charge in [-0.05, 0) is 23.8 Å². The van der Waals surface area contributed by atoms with Crippen LogP contribution in [0.2, 0.25) is 0 Å². The first-order chi connectivity index (χ1) is 13.1. The SMILES string of the molecule is COC(=O)N1C[C@@H](CC(OC)OC)[C@H]2CCN(Cc3ccccc3)C(=O)[C@H]21. The number of amides is 2. The number of methoxy groups -OCH3 is 3. The Morgan fingerprint density at radius 1 is 1.19 bits per heavy atom. The van der Waals surface area contributed by atoms with Gasteiger partial charge in [-0.1, -0.05) is 30.3 Å². The standard InChI is InChI=1S/C20H28N2O5/c1-25-17(26-2)11-15-13-22(20(24)27-3)18-16(15)9-10-21(19(18)23)12-14-7-5-4-6-8-14/h4-8,15-18H,9-13H2,1-3H3/t15-,16-,18+/m1/s1. The van der Waals surface area contributed by atoms with Gasteiger partial charge in [-0.2, -0.15) is 0 Å². The number of nitrogens with zero attached hydrogens (tertiary/aromatic N) is 2. The maximum absolute atomic E-state index is 13.2. The molecule has 0 saturated carbocycles. The second-order valence-electron chi connectivity index (χ2n) is 7.16. The van der Waals surface area contributed by atoms with Gasteiger partial charge in [-0.15, -0.1) is 0 Å². The molecule has 2 aliphatic heterocycles. The average Bonchev–Trinajstić information content (AvgIpc) is 3.07. The summed E-state index contributed by atoms with van der Waals surface area (Å²) in [5, 5.41) is 0. The number of hydrogen-bond acceptors (Lipinski definition) is 5. The van der Waals surface area contributed by atoms with Crippen molar-refractivity contribution >= 4 is 12.0 Å². The Labute approximate surface area is 160 Å². The van der Waals surface area contributed by atoms with Crippen LogP contribution >= 0.6 is 0 Å². The van der Waals surface area contributed by atoms with E-state index in [9.17, 15) is 9.59 Å². The molecule has 2 saturated heterocycles. The third kappa shape index (κ3) is 4.09. The first-order valence-electron chi connectivity index (χ1n) is 9.32. The Hall–Kier alpha value is -2.12. The summed E-state index contributed by atoms with van der Waals surface area (Å²) in [6.45, 7) is 1.72. The summed E-state index contributed by atoms with van der Waals surface area (Å²) in [6, 6.07) is 9.44. The van der Waals surface area contributed by atoms with Crippen LogP contribution in [0.4, 0.5) is 4.79 Å². The second kappa shape index (κ2) is 8.71. The van der Waals surface area contributed by atoms with Gasteiger partial charge >= 0.3 is 6.09 Å². The highest BCUT2D eigenvalue weighted by atomic mass is 16.7. The maximum atomic E-state index is 13.2. The topological polar surface area (TPSA) is 68.3 Å². The van der Waals surface area contributed by atoms with Crippen LogP contribution in [0.15, 0.2) is 30.3 Å². The molecular formula is C20H28N2O5. The highest BCUT2D eigenvalue weighted by Gasteiger charge is 2.51. The minimum atomic E-state index is -0.478. The fraction of sp³-hybridized carbons (Fsp3) is 0.600. The number of rotatable bonds is 6. The predicted molar refractivity (Wildman–Crippen MR) is 98.8 cm³/mol. The summed E-state index contributed by atoms with van der Waals surface area (Å²) in [4.78, 5) is 29.0. The van der Waals surface area contributed by atoms with E-state index in [-0.39, 0.29) is 24.0 Å². The van der Waals surface area contributed by atoms with Crippen molar-refractivity contribution in [2.75, 3.05) is 34.4 Å². The first kappa shape index (κ1) is 19.6. The monoisotopic (exact) mass is 376 g/mol. The van der Waals surface area contributed by atoms with Crippen molar-refractivity contribution in [2.45, 2.75) is 31.7 Å². The van der Waals surface area contributed by atoms with Gasteiger partial charge in [-0.3, -0.25) is 9.69 Å². The number of fused-ring (bicyclic) bond motifs is 1. The number of piperidine rings is 1. The maximum Gasteiger partial charge on any atom is 0.410 e. The quantitative estimate of drug-likeness (QED) is 0.712. The van der Waals surface area contributed by atoms with E-state index in [1.54, 1.807) is 19.1 Å². The molecule has 3 atom stereocenters.